The van der Waals surface area contributed by atoms with Gasteiger partial charge in [0.25, 0.3) is 0 Å². The Labute approximate surface area is 66.3 Å². The highest BCUT2D eigenvalue weighted by Gasteiger charge is 2.10. The van der Waals surface area contributed by atoms with Gasteiger partial charge in [0.1, 0.15) is 0 Å². The van der Waals surface area contributed by atoms with Crippen LogP contribution in [0.1, 0.15) is 12.8 Å². The third-order valence-electron chi connectivity index (χ3n) is 1.82. The molecule has 0 unspecified atom stereocenters. The Kier molecular flexibility index (Phi) is 2.65. The van der Waals surface area contributed by atoms with E-state index in [1.54, 1.807) is 0 Å². The second-order valence-electron chi connectivity index (χ2n) is 2.95. The first-order valence-electron chi connectivity index (χ1n) is 3.76. The van der Waals surface area contributed by atoms with Crippen molar-refractivity contribution in [1.29, 1.82) is 0 Å². The maximum Gasteiger partial charge on any atom is 0.303 e. The van der Waals surface area contributed by atoms with Crippen LogP contribution in [0.3, 0.4) is 0 Å². The number of rotatable bonds is 3. The van der Waals surface area contributed by atoms with Crippen LogP contribution < -0.4 is 0 Å². The molecule has 0 saturated carbocycles. The third kappa shape index (κ3) is 2.72. The average Bonchev–Trinajstić information content (AvgIpc) is 2.31. The zero-order valence-corrected chi connectivity index (χ0v) is 6.71. The Morgan fingerprint density at radius 3 is 3.00 bits per heavy atom. The van der Waals surface area contributed by atoms with Gasteiger partial charge in [-0.25, -0.2) is 0 Å². The van der Waals surface area contributed by atoms with Crippen molar-refractivity contribution < 1.29 is 9.90 Å². The first-order chi connectivity index (χ1) is 5.18. The van der Waals surface area contributed by atoms with Crippen LogP contribution in [0.5, 0.6) is 0 Å². The van der Waals surface area contributed by atoms with Gasteiger partial charge in [0.15, 0.2) is 0 Å². The lowest BCUT2D eigenvalue weighted by Crippen LogP contribution is -2.14. The van der Waals surface area contributed by atoms with Crippen molar-refractivity contribution in [3.05, 3.63) is 11.6 Å². The number of carboxylic acids is 1. The summed E-state index contributed by atoms with van der Waals surface area (Å²) in [6.45, 7) is 1.90. The Morgan fingerprint density at radius 1 is 1.82 bits per heavy atom. The largest absolute Gasteiger partial charge is 0.481 e. The maximum atomic E-state index is 10.2. The van der Waals surface area contributed by atoms with Gasteiger partial charge >= 0.3 is 5.97 Å². The molecule has 0 radical (unpaired) electrons. The van der Waals surface area contributed by atoms with E-state index in [4.69, 9.17) is 5.11 Å². The summed E-state index contributed by atoms with van der Waals surface area (Å²) in [5.74, 6) is -0.708. The van der Waals surface area contributed by atoms with E-state index in [-0.39, 0.29) is 6.42 Å². The first kappa shape index (κ1) is 8.27. The molecule has 62 valence electrons. The lowest BCUT2D eigenvalue weighted by molar-refractivity contribution is -0.136. The van der Waals surface area contributed by atoms with E-state index in [1.165, 1.54) is 5.57 Å². The van der Waals surface area contributed by atoms with Crippen molar-refractivity contribution >= 4 is 5.97 Å². The van der Waals surface area contributed by atoms with Gasteiger partial charge in [0.05, 0.1) is 0 Å². The lowest BCUT2D eigenvalue weighted by Gasteiger charge is -2.06. The van der Waals surface area contributed by atoms with Gasteiger partial charge in [0.2, 0.25) is 0 Å². The van der Waals surface area contributed by atoms with Crippen molar-refractivity contribution in [2.75, 3.05) is 20.1 Å². The van der Waals surface area contributed by atoms with Crippen LogP contribution >= 0.6 is 0 Å². The zero-order valence-electron chi connectivity index (χ0n) is 6.71. The molecular formula is C8H13NO2. The molecule has 1 heterocycles. The average molecular weight is 155 g/mol. The van der Waals surface area contributed by atoms with E-state index in [2.05, 4.69) is 11.0 Å². The summed E-state index contributed by atoms with van der Waals surface area (Å²) < 4.78 is 0. The number of hydrogen-bond acceptors (Lipinski definition) is 2. The third-order valence-corrected chi connectivity index (χ3v) is 1.82. The van der Waals surface area contributed by atoms with Crippen molar-refractivity contribution in [3.8, 4) is 0 Å². The van der Waals surface area contributed by atoms with Gasteiger partial charge in [-0.05, 0) is 13.5 Å². The highest BCUT2D eigenvalue weighted by atomic mass is 16.4. The number of hydrogen-bond donors (Lipinski definition) is 1. The topological polar surface area (TPSA) is 40.5 Å². The van der Waals surface area contributed by atoms with Crippen molar-refractivity contribution in [2.24, 2.45) is 0 Å². The summed E-state index contributed by atoms with van der Waals surface area (Å²) in [5.41, 5.74) is 1.26. The first-order valence-corrected chi connectivity index (χ1v) is 3.76. The summed E-state index contributed by atoms with van der Waals surface area (Å²) in [7, 11) is 2.03. The van der Waals surface area contributed by atoms with Gasteiger partial charge in [-0.15, -0.1) is 0 Å². The minimum Gasteiger partial charge on any atom is -0.481 e. The number of carboxylic acid groups (broad SMARTS) is 1. The normalized spacial score (nSPS) is 18.5. The highest BCUT2D eigenvalue weighted by molar-refractivity contribution is 5.67. The van der Waals surface area contributed by atoms with Crippen LogP contribution in [0.25, 0.3) is 0 Å². The van der Waals surface area contributed by atoms with E-state index in [9.17, 15) is 4.79 Å². The molecule has 0 saturated heterocycles. The van der Waals surface area contributed by atoms with Crippen LogP contribution in [0, 0.1) is 0 Å². The molecular weight excluding hydrogens is 142 g/mol. The maximum absolute atomic E-state index is 10.2. The fourth-order valence-corrected chi connectivity index (χ4v) is 1.21. The van der Waals surface area contributed by atoms with Gasteiger partial charge in [-0.1, -0.05) is 11.6 Å². The van der Waals surface area contributed by atoms with Crippen molar-refractivity contribution in [3.63, 3.8) is 0 Å². The number of nitrogens with zero attached hydrogens (tertiary/aromatic N) is 1. The quantitative estimate of drug-likeness (QED) is 0.610. The summed E-state index contributed by atoms with van der Waals surface area (Å²) in [6.07, 6.45) is 3.09. The van der Waals surface area contributed by atoms with Gasteiger partial charge in [-0.3, -0.25) is 9.69 Å². The molecule has 0 fully saturated rings. The number of likely N-dealkylation sites (N-methyl/N-ethyl adjacent to an activating group) is 1. The van der Waals surface area contributed by atoms with Crippen LogP contribution in [0.4, 0.5) is 0 Å². The van der Waals surface area contributed by atoms with Crippen LogP contribution in [0.15, 0.2) is 11.6 Å². The second-order valence-corrected chi connectivity index (χ2v) is 2.95. The molecule has 1 aliphatic rings. The zero-order chi connectivity index (χ0) is 8.27. The minimum absolute atomic E-state index is 0.264. The summed E-state index contributed by atoms with van der Waals surface area (Å²) in [5, 5.41) is 8.40. The van der Waals surface area contributed by atoms with E-state index in [1.807, 2.05) is 7.05 Å². The number of carbonyl (C=O) groups is 1. The molecule has 0 aromatic rings. The van der Waals surface area contributed by atoms with Gasteiger partial charge < -0.3 is 5.11 Å². The predicted molar refractivity (Wildman–Crippen MR) is 42.4 cm³/mol. The Balaban J connectivity index is 2.23. The summed E-state index contributed by atoms with van der Waals surface area (Å²) >= 11 is 0. The highest BCUT2D eigenvalue weighted by Crippen LogP contribution is 2.12. The Bertz CT molecular complexity index is 187. The molecule has 1 aliphatic heterocycles. The van der Waals surface area contributed by atoms with E-state index >= 15 is 0 Å². The molecule has 0 aromatic carbocycles. The molecule has 1 N–H and O–H groups in total. The minimum atomic E-state index is -0.708. The fourth-order valence-electron chi connectivity index (χ4n) is 1.21. The monoisotopic (exact) mass is 155 g/mol. The number of aliphatic carboxylic acids is 1. The van der Waals surface area contributed by atoms with Crippen LogP contribution in [-0.2, 0) is 4.79 Å². The molecule has 0 amide bonds. The van der Waals surface area contributed by atoms with Crippen LogP contribution in [0.2, 0.25) is 0 Å². The molecule has 0 aromatic heterocycles. The summed E-state index contributed by atoms with van der Waals surface area (Å²) in [4.78, 5) is 12.4. The molecule has 0 spiro atoms. The van der Waals surface area contributed by atoms with E-state index < -0.39 is 5.97 Å². The molecule has 3 nitrogen and oxygen atoms in total. The SMILES string of the molecule is CN1CC=C(CCC(=O)O)C1. The van der Waals surface area contributed by atoms with E-state index in [0.29, 0.717) is 6.42 Å². The molecule has 0 atom stereocenters. The van der Waals surface area contributed by atoms with Crippen molar-refractivity contribution in [1.82, 2.24) is 4.90 Å². The molecule has 1 rings (SSSR count). The lowest BCUT2D eigenvalue weighted by atomic mass is 10.1. The summed E-state index contributed by atoms with van der Waals surface area (Å²) in [6, 6.07) is 0. The fraction of sp³-hybridized carbons (Fsp3) is 0.625. The molecule has 0 aliphatic carbocycles. The standard InChI is InChI=1S/C8H13NO2/c1-9-5-4-7(6-9)2-3-8(10)11/h4H,2-3,5-6H2,1H3,(H,10,11). The Hall–Kier alpha value is -0.830. The van der Waals surface area contributed by atoms with Crippen LogP contribution in [-0.4, -0.2) is 36.1 Å². The smallest absolute Gasteiger partial charge is 0.303 e. The molecule has 3 heteroatoms. The van der Waals surface area contributed by atoms with Gasteiger partial charge in [-0.2, -0.15) is 0 Å². The molecule has 11 heavy (non-hydrogen) atoms. The van der Waals surface area contributed by atoms with E-state index in [0.717, 1.165) is 13.1 Å². The second kappa shape index (κ2) is 3.53. The molecule has 0 bridgehead atoms. The predicted octanol–water partition coefficient (Wildman–Crippen LogP) is 0.723. The van der Waals surface area contributed by atoms with Crippen molar-refractivity contribution in [2.45, 2.75) is 12.8 Å². The Morgan fingerprint density at radius 2 is 2.55 bits per heavy atom. The van der Waals surface area contributed by atoms with Gasteiger partial charge in [0, 0.05) is 19.5 Å².